The van der Waals surface area contributed by atoms with Gasteiger partial charge in [-0.2, -0.15) is 0 Å². The smallest absolute Gasteiger partial charge is 0.0737 e. The summed E-state index contributed by atoms with van der Waals surface area (Å²) in [4.78, 5) is 13.7. The molecule has 2 aliphatic heterocycles. The van der Waals surface area contributed by atoms with Crippen molar-refractivity contribution in [3.8, 4) is 0 Å². The lowest BCUT2D eigenvalue weighted by molar-refractivity contribution is 0.280. The zero-order chi connectivity index (χ0) is 30.3. The molecular formula is C33H42ClN7O2. The van der Waals surface area contributed by atoms with Gasteiger partial charge in [0, 0.05) is 109 Å². The van der Waals surface area contributed by atoms with Crippen LogP contribution >= 0.6 is 11.6 Å². The largest absolute Gasteiger partial charge is 0.399 e. The van der Waals surface area contributed by atoms with Gasteiger partial charge in [0.2, 0.25) is 0 Å². The summed E-state index contributed by atoms with van der Waals surface area (Å²) in [5, 5.41) is 24.4. The minimum Gasteiger partial charge on any atom is -0.399 e. The maximum atomic E-state index is 9.90. The average Bonchev–Trinajstić information content (AvgIpc) is 3.02. The van der Waals surface area contributed by atoms with E-state index < -0.39 is 0 Å². The molecule has 43 heavy (non-hydrogen) atoms. The molecule has 4 aromatic rings. The van der Waals surface area contributed by atoms with Crippen molar-refractivity contribution in [2.24, 2.45) is 0 Å². The molecule has 0 unspecified atom stereocenters. The maximum absolute atomic E-state index is 9.90. The lowest BCUT2D eigenvalue weighted by atomic mass is 10.1. The standard InChI is InChI=1S/C21H23ClN4O.C12H19N3O/c1-25-8-10-26(11-9-25)21-5-3-17(12-15(21)14-27)24-19-6-7-23-20-13-16(22)2-4-18(19)20;1-14-4-6-15(7-5-14)12-3-2-11(13)8-10(12)9-16/h2-7,12-13,27H,8-11,14H2,1H3,(H,23,24);2-3,8,16H,4-7,9,13H2,1H3. The van der Waals surface area contributed by atoms with Crippen LogP contribution in [0.2, 0.25) is 5.02 Å². The topological polar surface area (TPSA) is 104 Å². The van der Waals surface area contributed by atoms with Crippen LogP contribution in [0.3, 0.4) is 0 Å². The van der Waals surface area contributed by atoms with E-state index in [0.29, 0.717) is 10.7 Å². The second kappa shape index (κ2) is 14.2. The van der Waals surface area contributed by atoms with Gasteiger partial charge in [-0.3, -0.25) is 4.98 Å². The Hall–Kier alpha value is -3.60. The molecule has 2 aliphatic rings. The average molecular weight is 604 g/mol. The highest BCUT2D eigenvalue weighted by molar-refractivity contribution is 6.31. The first-order chi connectivity index (χ1) is 20.8. The van der Waals surface area contributed by atoms with Crippen molar-refractivity contribution in [2.75, 3.05) is 87.3 Å². The number of fused-ring (bicyclic) bond motifs is 1. The van der Waals surface area contributed by atoms with Crippen LogP contribution in [-0.4, -0.2) is 91.5 Å². The minimum atomic E-state index is 0.0178. The first-order valence-electron chi connectivity index (χ1n) is 14.8. The summed E-state index contributed by atoms with van der Waals surface area (Å²) in [6, 6.07) is 19.6. The highest BCUT2D eigenvalue weighted by Crippen LogP contribution is 2.31. The second-order valence-corrected chi connectivity index (χ2v) is 11.7. The van der Waals surface area contributed by atoms with Crippen molar-refractivity contribution >= 4 is 50.9 Å². The highest BCUT2D eigenvalue weighted by Gasteiger charge is 2.18. The number of aliphatic hydroxyl groups is 2. The van der Waals surface area contributed by atoms with Crippen LogP contribution < -0.4 is 20.9 Å². The second-order valence-electron chi connectivity index (χ2n) is 11.3. The number of likely N-dealkylation sites (N-methyl/N-ethyl adjacent to an activating group) is 2. The van der Waals surface area contributed by atoms with E-state index in [2.05, 4.69) is 56.1 Å². The molecule has 0 bridgehead atoms. The van der Waals surface area contributed by atoms with Gasteiger partial charge in [0.25, 0.3) is 0 Å². The predicted octanol–water partition coefficient (Wildman–Crippen LogP) is 4.39. The molecule has 0 amide bonds. The van der Waals surface area contributed by atoms with Gasteiger partial charge in [0.05, 0.1) is 18.7 Å². The molecule has 9 nitrogen and oxygen atoms in total. The Morgan fingerprint density at radius 1 is 0.744 bits per heavy atom. The SMILES string of the molecule is CN1CCN(c2ccc(N)cc2CO)CC1.CN1CCN(c2ccc(Nc3ccnc4cc(Cl)ccc34)cc2CO)CC1. The zero-order valence-corrected chi connectivity index (χ0v) is 25.8. The summed E-state index contributed by atoms with van der Waals surface area (Å²) in [5.41, 5.74) is 13.3. The Kier molecular flexibility index (Phi) is 10.2. The number of nitrogen functional groups attached to an aromatic ring is 1. The van der Waals surface area contributed by atoms with Gasteiger partial charge in [-0.15, -0.1) is 0 Å². The van der Waals surface area contributed by atoms with Crippen molar-refractivity contribution in [3.05, 3.63) is 83.0 Å². The number of halogens is 1. The number of piperazine rings is 2. The highest BCUT2D eigenvalue weighted by atomic mass is 35.5. The number of rotatable bonds is 6. The monoisotopic (exact) mass is 603 g/mol. The first kappa shape index (κ1) is 30.8. The van der Waals surface area contributed by atoms with Crippen LogP contribution in [0.1, 0.15) is 11.1 Å². The van der Waals surface area contributed by atoms with Gasteiger partial charge in [-0.25, -0.2) is 0 Å². The summed E-state index contributed by atoms with van der Waals surface area (Å²) < 4.78 is 0. The molecule has 0 atom stereocenters. The number of pyridine rings is 1. The number of nitrogens with two attached hydrogens (primary N) is 1. The van der Waals surface area contributed by atoms with Gasteiger partial charge in [0.15, 0.2) is 0 Å². The van der Waals surface area contributed by atoms with Gasteiger partial charge < -0.3 is 40.9 Å². The van der Waals surface area contributed by atoms with Crippen molar-refractivity contribution in [2.45, 2.75) is 13.2 Å². The quantitative estimate of drug-likeness (QED) is 0.239. The van der Waals surface area contributed by atoms with E-state index >= 15 is 0 Å². The zero-order valence-electron chi connectivity index (χ0n) is 25.0. The number of aromatic nitrogens is 1. The number of anilines is 5. The fourth-order valence-corrected chi connectivity index (χ4v) is 5.79. The van der Waals surface area contributed by atoms with Gasteiger partial charge in [-0.1, -0.05) is 11.6 Å². The van der Waals surface area contributed by atoms with E-state index in [1.165, 1.54) is 0 Å². The van der Waals surface area contributed by atoms with E-state index in [1.807, 2.05) is 48.5 Å². The fourth-order valence-electron chi connectivity index (χ4n) is 5.62. The van der Waals surface area contributed by atoms with E-state index in [4.69, 9.17) is 17.3 Å². The Morgan fingerprint density at radius 2 is 1.33 bits per heavy atom. The van der Waals surface area contributed by atoms with Crippen molar-refractivity contribution < 1.29 is 10.2 Å². The third-order valence-corrected chi connectivity index (χ3v) is 8.43. The molecule has 228 valence electrons. The molecule has 3 aromatic carbocycles. The third kappa shape index (κ3) is 7.68. The Balaban J connectivity index is 0.000000196. The van der Waals surface area contributed by atoms with Crippen LogP contribution in [0, 0.1) is 0 Å². The minimum absolute atomic E-state index is 0.0178. The Bertz CT molecular complexity index is 1520. The lowest BCUT2D eigenvalue weighted by Gasteiger charge is -2.35. The molecule has 5 N–H and O–H groups in total. The van der Waals surface area contributed by atoms with Crippen LogP contribution in [0.4, 0.5) is 28.4 Å². The van der Waals surface area contributed by atoms with Crippen LogP contribution in [0.15, 0.2) is 66.9 Å². The summed E-state index contributed by atoms with van der Waals surface area (Å²) in [6.45, 7) is 8.24. The molecule has 2 saturated heterocycles. The normalized spacial score (nSPS) is 16.2. The molecule has 6 rings (SSSR count). The number of hydrogen-bond acceptors (Lipinski definition) is 9. The summed E-state index contributed by atoms with van der Waals surface area (Å²) in [6.07, 6.45) is 1.77. The number of hydrogen-bond donors (Lipinski definition) is 4. The van der Waals surface area contributed by atoms with E-state index in [0.717, 1.165) is 97.1 Å². The summed E-state index contributed by atoms with van der Waals surface area (Å²) in [5.74, 6) is 0. The van der Waals surface area contributed by atoms with Crippen molar-refractivity contribution in [1.29, 1.82) is 0 Å². The molecule has 0 saturated carbocycles. The number of nitrogens with zero attached hydrogens (tertiary/aromatic N) is 5. The molecular weight excluding hydrogens is 562 g/mol. The predicted molar refractivity (Wildman–Crippen MR) is 179 cm³/mol. The number of aliphatic hydroxyl groups excluding tert-OH is 2. The Morgan fingerprint density at radius 3 is 1.93 bits per heavy atom. The van der Waals surface area contributed by atoms with Gasteiger partial charge in [-0.05, 0) is 74.8 Å². The summed E-state index contributed by atoms with van der Waals surface area (Å²) in [7, 11) is 4.27. The van der Waals surface area contributed by atoms with E-state index in [9.17, 15) is 10.2 Å². The van der Waals surface area contributed by atoms with Crippen LogP contribution in [0.5, 0.6) is 0 Å². The molecule has 10 heteroatoms. The Labute approximate surface area is 259 Å². The molecule has 1 aromatic heterocycles. The summed E-state index contributed by atoms with van der Waals surface area (Å²) >= 11 is 6.08. The lowest BCUT2D eigenvalue weighted by Crippen LogP contribution is -2.44. The maximum Gasteiger partial charge on any atom is 0.0737 e. The van der Waals surface area contributed by atoms with E-state index in [1.54, 1.807) is 6.20 Å². The van der Waals surface area contributed by atoms with Gasteiger partial charge >= 0.3 is 0 Å². The molecule has 0 spiro atoms. The van der Waals surface area contributed by atoms with Crippen molar-refractivity contribution in [3.63, 3.8) is 0 Å². The first-order valence-corrected chi connectivity index (χ1v) is 15.1. The van der Waals surface area contributed by atoms with Gasteiger partial charge in [0.1, 0.15) is 0 Å². The third-order valence-electron chi connectivity index (χ3n) is 8.20. The number of nitrogens with one attached hydrogen (secondary N) is 1. The molecule has 2 fully saturated rings. The number of benzene rings is 3. The fraction of sp³-hybridized carbons (Fsp3) is 0.364. The van der Waals surface area contributed by atoms with Crippen LogP contribution in [0.25, 0.3) is 10.9 Å². The molecule has 0 aliphatic carbocycles. The molecule has 0 radical (unpaired) electrons. The van der Waals surface area contributed by atoms with Crippen molar-refractivity contribution in [1.82, 2.24) is 14.8 Å². The van der Waals surface area contributed by atoms with Crippen LogP contribution in [-0.2, 0) is 13.2 Å². The van der Waals surface area contributed by atoms with E-state index in [-0.39, 0.29) is 13.2 Å². The molecule has 3 heterocycles.